The predicted octanol–water partition coefficient (Wildman–Crippen LogP) is 1.42. The predicted molar refractivity (Wildman–Crippen MR) is 86.1 cm³/mol. The van der Waals surface area contributed by atoms with Crippen molar-refractivity contribution in [3.8, 4) is 0 Å². The van der Waals surface area contributed by atoms with Gasteiger partial charge in [-0.1, -0.05) is 26.1 Å². The van der Waals surface area contributed by atoms with Crippen LogP contribution in [0, 0.1) is 10.8 Å². The van der Waals surface area contributed by atoms with E-state index < -0.39 is 0 Å². The summed E-state index contributed by atoms with van der Waals surface area (Å²) in [4.78, 5) is 14.3. The molecule has 0 aromatic rings. The maximum atomic E-state index is 12.3. The van der Waals surface area contributed by atoms with Crippen LogP contribution >= 0.6 is 0 Å². The average Bonchev–Trinajstić information content (AvgIpc) is 3.08. The lowest BCUT2D eigenvalue weighted by molar-refractivity contribution is -0.117. The van der Waals surface area contributed by atoms with Gasteiger partial charge in [0, 0.05) is 24.2 Å². The molecule has 0 bridgehead atoms. The first-order valence-electron chi connectivity index (χ1n) is 7.94. The lowest BCUT2D eigenvalue weighted by Crippen LogP contribution is -2.46. The lowest BCUT2D eigenvalue weighted by Gasteiger charge is -2.34. The minimum absolute atomic E-state index is 0.232. The van der Waals surface area contributed by atoms with Gasteiger partial charge in [0.05, 0.1) is 11.4 Å². The summed E-state index contributed by atoms with van der Waals surface area (Å²) in [6.45, 7) is 2.60. The SMILES string of the molecule is CC[B]C(=O)C1(CN(C(=N)C(N)=CN)C2CCCC2)CC1. The molecule has 5 N–H and O–H groups in total. The summed E-state index contributed by atoms with van der Waals surface area (Å²) in [7, 11) is 1.78. The highest BCUT2D eigenvalue weighted by Gasteiger charge is 2.50. The summed E-state index contributed by atoms with van der Waals surface area (Å²) < 4.78 is 0. The fraction of sp³-hybridized carbons (Fsp3) is 0.733. The molecule has 0 saturated heterocycles. The molecule has 0 aromatic carbocycles. The second-order valence-electron chi connectivity index (χ2n) is 6.29. The Labute approximate surface area is 127 Å². The molecule has 0 aliphatic heterocycles. The van der Waals surface area contributed by atoms with Crippen molar-refractivity contribution in [2.24, 2.45) is 16.9 Å². The molecule has 2 rings (SSSR count). The van der Waals surface area contributed by atoms with Gasteiger partial charge in [0.2, 0.25) is 7.28 Å². The molecule has 1 radical (unpaired) electrons. The van der Waals surface area contributed by atoms with Crippen molar-refractivity contribution in [3.63, 3.8) is 0 Å². The molecule has 6 heteroatoms. The Bertz CT molecular complexity index is 439. The van der Waals surface area contributed by atoms with Crippen LogP contribution in [0.4, 0.5) is 0 Å². The number of hydrogen-bond donors (Lipinski definition) is 3. The van der Waals surface area contributed by atoms with E-state index in [1.165, 1.54) is 19.0 Å². The van der Waals surface area contributed by atoms with Crippen LogP contribution in [0.2, 0.25) is 6.32 Å². The molecule has 0 heterocycles. The van der Waals surface area contributed by atoms with Gasteiger partial charge in [-0.2, -0.15) is 0 Å². The Morgan fingerprint density at radius 2 is 2.05 bits per heavy atom. The van der Waals surface area contributed by atoms with Crippen LogP contribution in [0.1, 0.15) is 45.4 Å². The van der Waals surface area contributed by atoms with E-state index in [1.54, 1.807) is 7.28 Å². The summed E-state index contributed by atoms with van der Waals surface area (Å²) in [6.07, 6.45) is 8.40. The summed E-state index contributed by atoms with van der Waals surface area (Å²) in [6, 6.07) is 0.322. The van der Waals surface area contributed by atoms with Crippen molar-refractivity contribution in [1.29, 1.82) is 5.41 Å². The molecular weight excluding hydrogens is 263 g/mol. The van der Waals surface area contributed by atoms with Crippen LogP contribution in [0.15, 0.2) is 11.9 Å². The van der Waals surface area contributed by atoms with E-state index in [-0.39, 0.29) is 16.9 Å². The van der Waals surface area contributed by atoms with Crippen molar-refractivity contribution >= 4 is 18.8 Å². The van der Waals surface area contributed by atoms with Crippen molar-refractivity contribution in [1.82, 2.24) is 4.90 Å². The van der Waals surface area contributed by atoms with Crippen LogP contribution in [0.25, 0.3) is 0 Å². The highest BCUT2D eigenvalue weighted by atomic mass is 16.1. The second-order valence-corrected chi connectivity index (χ2v) is 6.29. The Morgan fingerprint density at radius 1 is 1.43 bits per heavy atom. The molecule has 21 heavy (non-hydrogen) atoms. The second kappa shape index (κ2) is 6.54. The van der Waals surface area contributed by atoms with Gasteiger partial charge < -0.3 is 21.2 Å². The third kappa shape index (κ3) is 3.42. The van der Waals surface area contributed by atoms with Crippen molar-refractivity contribution in [2.45, 2.75) is 57.8 Å². The molecule has 0 amide bonds. The molecule has 0 spiro atoms. The van der Waals surface area contributed by atoms with Crippen molar-refractivity contribution < 1.29 is 4.79 Å². The van der Waals surface area contributed by atoms with Crippen molar-refractivity contribution in [2.75, 3.05) is 6.54 Å². The van der Waals surface area contributed by atoms with E-state index in [0.717, 1.165) is 32.0 Å². The van der Waals surface area contributed by atoms with Gasteiger partial charge in [0.15, 0.2) is 0 Å². The zero-order valence-electron chi connectivity index (χ0n) is 12.9. The number of nitrogens with two attached hydrogens (primary N) is 2. The van der Waals surface area contributed by atoms with E-state index in [0.29, 0.717) is 18.3 Å². The molecule has 2 aliphatic rings. The zero-order valence-corrected chi connectivity index (χ0v) is 12.9. The van der Waals surface area contributed by atoms with Crippen LogP contribution < -0.4 is 11.5 Å². The minimum atomic E-state index is -0.278. The molecule has 2 fully saturated rings. The number of nitrogens with one attached hydrogen (secondary N) is 1. The van der Waals surface area contributed by atoms with Crippen LogP contribution in [-0.4, -0.2) is 36.3 Å². The fourth-order valence-electron chi connectivity index (χ4n) is 3.21. The van der Waals surface area contributed by atoms with E-state index >= 15 is 0 Å². The van der Waals surface area contributed by atoms with Crippen LogP contribution in [-0.2, 0) is 4.79 Å². The summed E-state index contributed by atoms with van der Waals surface area (Å²) in [5.41, 5.74) is 11.6. The van der Waals surface area contributed by atoms with Gasteiger partial charge in [-0.3, -0.25) is 5.41 Å². The number of rotatable bonds is 7. The van der Waals surface area contributed by atoms with Crippen LogP contribution in [0.5, 0.6) is 0 Å². The normalized spacial score (nSPS) is 21.1. The fourth-order valence-corrected chi connectivity index (χ4v) is 3.21. The number of carbonyl (C=O) groups excluding carboxylic acids is 1. The molecular formula is C15H26BN4O. The average molecular weight is 289 g/mol. The van der Waals surface area contributed by atoms with E-state index in [4.69, 9.17) is 16.9 Å². The highest BCUT2D eigenvalue weighted by Crippen LogP contribution is 2.48. The third-order valence-corrected chi connectivity index (χ3v) is 4.74. The smallest absolute Gasteiger partial charge is 0.202 e. The first-order chi connectivity index (χ1) is 10.0. The Kier molecular flexibility index (Phi) is 4.96. The topological polar surface area (TPSA) is 96.2 Å². The Balaban J connectivity index is 2.13. The van der Waals surface area contributed by atoms with E-state index in [1.807, 2.05) is 11.8 Å². The lowest BCUT2D eigenvalue weighted by atomic mass is 9.64. The number of amidine groups is 1. The van der Waals surface area contributed by atoms with E-state index in [2.05, 4.69) is 0 Å². The maximum Gasteiger partial charge on any atom is 0.202 e. The van der Waals surface area contributed by atoms with Gasteiger partial charge in [-0.25, -0.2) is 0 Å². The number of carbonyl (C=O) groups is 1. The molecule has 0 aromatic heterocycles. The number of nitrogens with zero attached hydrogens (tertiary/aromatic N) is 1. The van der Waals surface area contributed by atoms with Crippen LogP contribution in [0.3, 0.4) is 0 Å². The van der Waals surface area contributed by atoms with Gasteiger partial charge in [-0.05, 0) is 25.7 Å². The summed E-state index contributed by atoms with van der Waals surface area (Å²) >= 11 is 0. The number of hydrogen-bond acceptors (Lipinski definition) is 4. The quantitative estimate of drug-likeness (QED) is 0.375. The van der Waals surface area contributed by atoms with Crippen molar-refractivity contribution in [3.05, 3.63) is 11.9 Å². The standard InChI is InChI=1S/C15H26BN4O/c1-2-16-14(21)15(7-8-15)10-20(11-5-3-4-6-11)13(19)12(18)9-17/h9,11,19H,2-8,10,17-18H2,1H3. The van der Waals surface area contributed by atoms with Gasteiger partial charge in [0.25, 0.3) is 0 Å². The third-order valence-electron chi connectivity index (χ3n) is 4.74. The Morgan fingerprint density at radius 3 is 2.52 bits per heavy atom. The Hall–Kier alpha value is -1.46. The molecule has 0 unspecified atom stereocenters. The molecule has 5 nitrogen and oxygen atoms in total. The van der Waals surface area contributed by atoms with Gasteiger partial charge in [0.1, 0.15) is 5.84 Å². The first-order valence-corrected chi connectivity index (χ1v) is 7.94. The van der Waals surface area contributed by atoms with Gasteiger partial charge in [-0.15, -0.1) is 0 Å². The first kappa shape index (κ1) is 15.9. The molecule has 115 valence electrons. The van der Waals surface area contributed by atoms with E-state index in [9.17, 15) is 4.79 Å². The molecule has 2 saturated carbocycles. The zero-order chi connectivity index (χ0) is 15.5. The minimum Gasteiger partial charge on any atom is -0.403 e. The monoisotopic (exact) mass is 289 g/mol. The van der Waals surface area contributed by atoms with Gasteiger partial charge >= 0.3 is 0 Å². The highest BCUT2D eigenvalue weighted by molar-refractivity contribution is 6.75. The molecule has 0 atom stereocenters. The molecule has 2 aliphatic carbocycles. The summed E-state index contributed by atoms with van der Waals surface area (Å²) in [5.74, 6) is 0.278. The summed E-state index contributed by atoms with van der Waals surface area (Å²) in [5, 5.41) is 8.30. The largest absolute Gasteiger partial charge is 0.403 e. The maximum absolute atomic E-state index is 12.3.